The molecule has 1 aromatic rings. The zero-order valence-electron chi connectivity index (χ0n) is 14.3. The third-order valence-corrected chi connectivity index (χ3v) is 4.84. The normalized spacial score (nSPS) is 25.2. The summed E-state index contributed by atoms with van der Waals surface area (Å²) in [6, 6.07) is 8.01. The molecule has 1 saturated carbocycles. The van der Waals surface area contributed by atoms with Gasteiger partial charge in [0.15, 0.2) is 0 Å². The molecule has 22 heavy (non-hydrogen) atoms. The van der Waals surface area contributed by atoms with Gasteiger partial charge in [0.1, 0.15) is 0 Å². The predicted octanol–water partition coefficient (Wildman–Crippen LogP) is 4.02. The van der Waals surface area contributed by atoms with Crippen LogP contribution in [0.5, 0.6) is 0 Å². The van der Waals surface area contributed by atoms with Gasteiger partial charge in [0.05, 0.1) is 6.61 Å². The maximum Gasteiger partial charge on any atom is 0.251 e. The van der Waals surface area contributed by atoms with Gasteiger partial charge in [-0.2, -0.15) is 0 Å². The summed E-state index contributed by atoms with van der Waals surface area (Å²) in [5, 5.41) is 3.29. The number of rotatable bonds is 5. The van der Waals surface area contributed by atoms with Crippen molar-refractivity contribution in [3.63, 3.8) is 0 Å². The fraction of sp³-hybridized carbons (Fsp3) is 0.632. The van der Waals surface area contributed by atoms with Crippen LogP contribution in [-0.4, -0.2) is 19.1 Å². The Bertz CT molecular complexity index is 498. The Labute approximate surface area is 134 Å². The average molecular weight is 303 g/mol. The highest BCUT2D eigenvalue weighted by molar-refractivity contribution is 5.94. The van der Waals surface area contributed by atoms with Crippen molar-refractivity contribution in [2.45, 2.75) is 52.7 Å². The first kappa shape index (κ1) is 17.0. The summed E-state index contributed by atoms with van der Waals surface area (Å²) in [7, 11) is 1.67. The number of carbonyl (C=O) groups excluding carboxylic acids is 1. The Morgan fingerprint density at radius 2 is 2.14 bits per heavy atom. The molecule has 3 nitrogen and oxygen atoms in total. The Morgan fingerprint density at radius 3 is 2.82 bits per heavy atom. The highest BCUT2D eigenvalue weighted by atomic mass is 16.5. The highest BCUT2D eigenvalue weighted by Crippen LogP contribution is 2.33. The molecule has 3 atom stereocenters. The standard InChI is InChI=1S/C19H29NO2/c1-13(2)17-9-8-14(3)10-18(17)20-19(21)16-7-5-6-15(11-16)12-22-4/h5-7,11,13-14,17-18H,8-10,12H2,1-4H3,(H,20,21). The topological polar surface area (TPSA) is 38.3 Å². The molecular weight excluding hydrogens is 274 g/mol. The molecule has 1 fully saturated rings. The van der Waals surface area contributed by atoms with Crippen LogP contribution in [0, 0.1) is 17.8 Å². The van der Waals surface area contributed by atoms with Crippen molar-refractivity contribution in [3.05, 3.63) is 35.4 Å². The number of hydrogen-bond acceptors (Lipinski definition) is 2. The van der Waals surface area contributed by atoms with Crippen LogP contribution in [0.1, 0.15) is 56.0 Å². The van der Waals surface area contributed by atoms with E-state index in [1.807, 2.05) is 24.3 Å². The molecule has 3 heteroatoms. The van der Waals surface area contributed by atoms with Crippen molar-refractivity contribution in [2.75, 3.05) is 7.11 Å². The first-order valence-corrected chi connectivity index (χ1v) is 8.40. The van der Waals surface area contributed by atoms with Gasteiger partial charge in [-0.15, -0.1) is 0 Å². The van der Waals surface area contributed by atoms with Crippen LogP contribution in [0.25, 0.3) is 0 Å². The molecule has 1 N–H and O–H groups in total. The minimum Gasteiger partial charge on any atom is -0.380 e. The van der Waals surface area contributed by atoms with E-state index in [1.54, 1.807) is 7.11 Å². The molecule has 0 spiro atoms. The first-order chi connectivity index (χ1) is 10.5. The van der Waals surface area contributed by atoms with Gasteiger partial charge in [-0.25, -0.2) is 0 Å². The van der Waals surface area contributed by atoms with Crippen LogP contribution >= 0.6 is 0 Å². The van der Waals surface area contributed by atoms with Crippen molar-refractivity contribution in [1.82, 2.24) is 5.32 Å². The van der Waals surface area contributed by atoms with E-state index in [4.69, 9.17) is 4.74 Å². The molecule has 1 aliphatic rings. The van der Waals surface area contributed by atoms with Crippen molar-refractivity contribution < 1.29 is 9.53 Å². The molecule has 0 aliphatic heterocycles. The quantitative estimate of drug-likeness (QED) is 0.892. The van der Waals surface area contributed by atoms with Gasteiger partial charge in [0, 0.05) is 18.7 Å². The lowest BCUT2D eigenvalue weighted by Crippen LogP contribution is -2.45. The third-order valence-electron chi connectivity index (χ3n) is 4.84. The van der Waals surface area contributed by atoms with Crippen LogP contribution in [0.15, 0.2) is 24.3 Å². The fourth-order valence-electron chi connectivity index (χ4n) is 3.59. The largest absolute Gasteiger partial charge is 0.380 e. The predicted molar refractivity (Wildman–Crippen MR) is 89.8 cm³/mol. The van der Waals surface area contributed by atoms with Gasteiger partial charge >= 0.3 is 0 Å². The Morgan fingerprint density at radius 1 is 1.36 bits per heavy atom. The van der Waals surface area contributed by atoms with Crippen LogP contribution in [0.4, 0.5) is 0 Å². The lowest BCUT2D eigenvalue weighted by Gasteiger charge is -2.37. The molecule has 0 saturated heterocycles. The number of amides is 1. The number of carbonyl (C=O) groups is 1. The minimum absolute atomic E-state index is 0.0442. The van der Waals surface area contributed by atoms with E-state index < -0.39 is 0 Å². The van der Waals surface area contributed by atoms with Crippen LogP contribution < -0.4 is 5.32 Å². The van der Waals surface area contributed by atoms with Crippen molar-refractivity contribution in [3.8, 4) is 0 Å². The van der Waals surface area contributed by atoms with E-state index >= 15 is 0 Å². The fourth-order valence-corrected chi connectivity index (χ4v) is 3.59. The summed E-state index contributed by atoms with van der Waals surface area (Å²) in [4.78, 5) is 12.6. The second-order valence-corrected chi connectivity index (χ2v) is 7.04. The lowest BCUT2D eigenvalue weighted by atomic mass is 9.74. The Balaban J connectivity index is 2.07. The Kier molecular flexibility index (Phi) is 6.01. The van der Waals surface area contributed by atoms with Crippen LogP contribution in [0.2, 0.25) is 0 Å². The van der Waals surface area contributed by atoms with E-state index in [0.717, 1.165) is 17.5 Å². The van der Waals surface area contributed by atoms with E-state index in [2.05, 4.69) is 26.1 Å². The summed E-state index contributed by atoms with van der Waals surface area (Å²) in [5.41, 5.74) is 1.77. The number of methoxy groups -OCH3 is 1. The summed E-state index contributed by atoms with van der Waals surface area (Å²) in [6.07, 6.45) is 3.58. The molecule has 1 aromatic carbocycles. The number of benzene rings is 1. The number of hydrogen-bond donors (Lipinski definition) is 1. The molecule has 1 aliphatic carbocycles. The average Bonchev–Trinajstić information content (AvgIpc) is 2.47. The van der Waals surface area contributed by atoms with Crippen molar-refractivity contribution >= 4 is 5.91 Å². The molecule has 3 unspecified atom stereocenters. The molecule has 2 rings (SSSR count). The second-order valence-electron chi connectivity index (χ2n) is 7.04. The molecule has 1 amide bonds. The summed E-state index contributed by atoms with van der Waals surface area (Å²) >= 11 is 0. The van der Waals surface area contributed by atoms with Gasteiger partial charge in [0.25, 0.3) is 5.91 Å². The third kappa shape index (κ3) is 4.33. The Hall–Kier alpha value is -1.35. The van der Waals surface area contributed by atoms with Gasteiger partial charge in [0.2, 0.25) is 0 Å². The molecular formula is C19H29NO2. The van der Waals surface area contributed by atoms with Crippen molar-refractivity contribution in [2.24, 2.45) is 17.8 Å². The SMILES string of the molecule is COCc1cccc(C(=O)NC2CC(C)CCC2C(C)C)c1. The van der Waals surface area contributed by atoms with Crippen LogP contribution in [0.3, 0.4) is 0 Å². The molecule has 122 valence electrons. The van der Waals surface area contributed by atoms with Crippen molar-refractivity contribution in [1.29, 1.82) is 0 Å². The first-order valence-electron chi connectivity index (χ1n) is 8.40. The lowest BCUT2D eigenvalue weighted by molar-refractivity contribution is 0.0867. The molecule has 0 heterocycles. The second kappa shape index (κ2) is 7.77. The number of nitrogens with one attached hydrogen (secondary N) is 1. The van der Waals surface area contributed by atoms with E-state index in [-0.39, 0.29) is 5.91 Å². The van der Waals surface area contributed by atoms with E-state index in [0.29, 0.717) is 30.4 Å². The van der Waals surface area contributed by atoms with Gasteiger partial charge < -0.3 is 10.1 Å². The van der Waals surface area contributed by atoms with E-state index in [1.165, 1.54) is 12.8 Å². The zero-order chi connectivity index (χ0) is 16.1. The maximum absolute atomic E-state index is 12.6. The summed E-state index contributed by atoms with van der Waals surface area (Å²) < 4.78 is 5.14. The minimum atomic E-state index is 0.0442. The monoisotopic (exact) mass is 303 g/mol. The molecule has 0 bridgehead atoms. The van der Waals surface area contributed by atoms with Gasteiger partial charge in [-0.3, -0.25) is 4.79 Å². The smallest absolute Gasteiger partial charge is 0.251 e. The highest BCUT2D eigenvalue weighted by Gasteiger charge is 2.31. The summed E-state index contributed by atoms with van der Waals surface area (Å²) in [5.74, 6) is 1.93. The zero-order valence-corrected chi connectivity index (χ0v) is 14.3. The van der Waals surface area contributed by atoms with Crippen LogP contribution in [-0.2, 0) is 11.3 Å². The van der Waals surface area contributed by atoms with Gasteiger partial charge in [-0.1, -0.05) is 39.3 Å². The van der Waals surface area contributed by atoms with Gasteiger partial charge in [-0.05, 0) is 48.3 Å². The summed E-state index contributed by atoms with van der Waals surface area (Å²) in [6.45, 7) is 7.35. The maximum atomic E-state index is 12.6. The molecule has 0 aromatic heterocycles. The van der Waals surface area contributed by atoms with E-state index in [9.17, 15) is 4.79 Å². The number of ether oxygens (including phenoxy) is 1. The molecule has 0 radical (unpaired) electrons.